The molecule has 0 bridgehead atoms. The van der Waals surface area contributed by atoms with E-state index in [0.29, 0.717) is 0 Å². The van der Waals surface area contributed by atoms with Crippen LogP contribution in [0.4, 0.5) is 0 Å². The minimum atomic E-state index is 0.0360. The molecule has 0 saturated heterocycles. The summed E-state index contributed by atoms with van der Waals surface area (Å²) in [4.78, 5) is 0. The van der Waals surface area contributed by atoms with Gasteiger partial charge in [0.2, 0.25) is 0 Å². The number of hydrogen-bond donors (Lipinski definition) is 0. The topological polar surface area (TPSA) is 13.1 Å². The quantitative estimate of drug-likeness (QED) is 0.237. The minimum absolute atomic E-state index is 0.0360. The Bertz CT molecular complexity index is 1580. The third kappa shape index (κ3) is 3.27. The van der Waals surface area contributed by atoms with Gasteiger partial charge in [0.15, 0.2) is 0 Å². The van der Waals surface area contributed by atoms with Crippen LogP contribution in [-0.4, -0.2) is 0 Å². The van der Waals surface area contributed by atoms with E-state index < -0.39 is 0 Å². The summed E-state index contributed by atoms with van der Waals surface area (Å²) in [6.07, 6.45) is 0. The molecule has 0 aliphatic carbocycles. The number of furan rings is 1. The lowest BCUT2D eigenvalue weighted by molar-refractivity contribution is 0.573. The summed E-state index contributed by atoms with van der Waals surface area (Å²) in [6, 6.07) is 26.8. The normalized spacial score (nSPS) is 13.0. The van der Waals surface area contributed by atoms with Crippen molar-refractivity contribution >= 4 is 53.4 Å². The van der Waals surface area contributed by atoms with Gasteiger partial charge >= 0.3 is 0 Å². The molecular weight excluding hydrogens is 432 g/mol. The van der Waals surface area contributed by atoms with Crippen molar-refractivity contribution in [1.82, 2.24) is 0 Å². The van der Waals surface area contributed by atoms with Crippen LogP contribution in [0.15, 0.2) is 77.2 Å². The SMILES string of the molecule is CC(C)(C)c1cccc2c1oc1cc(-c3ccc4c(c3)sc3c(C(C)(C)C)cccc34)ccc12. The van der Waals surface area contributed by atoms with Gasteiger partial charge in [-0.05, 0) is 45.7 Å². The Morgan fingerprint density at radius 3 is 1.91 bits per heavy atom. The first-order valence-corrected chi connectivity index (χ1v) is 12.8. The van der Waals surface area contributed by atoms with Gasteiger partial charge in [-0.1, -0.05) is 96.1 Å². The Hall–Kier alpha value is -3.10. The van der Waals surface area contributed by atoms with Gasteiger partial charge in [0.1, 0.15) is 11.2 Å². The Morgan fingerprint density at radius 1 is 0.588 bits per heavy atom. The maximum Gasteiger partial charge on any atom is 0.139 e. The lowest BCUT2D eigenvalue weighted by Gasteiger charge is -2.19. The molecule has 0 saturated carbocycles. The van der Waals surface area contributed by atoms with Gasteiger partial charge in [-0.25, -0.2) is 0 Å². The molecule has 0 spiro atoms. The highest BCUT2D eigenvalue weighted by Crippen LogP contribution is 2.42. The Labute approximate surface area is 205 Å². The number of rotatable bonds is 1. The van der Waals surface area contributed by atoms with Crippen molar-refractivity contribution in [2.24, 2.45) is 0 Å². The molecule has 0 atom stereocenters. The standard InChI is InChI=1S/C32H30OS/c1-31(2,3)25-11-7-9-23-21-15-13-19(17-27(21)33-29(23)25)20-14-16-22-24-10-8-12-26(32(4,5)6)30(24)34-28(22)18-20/h7-18H,1-6H3. The van der Waals surface area contributed by atoms with Gasteiger partial charge < -0.3 is 4.42 Å². The lowest BCUT2D eigenvalue weighted by atomic mass is 9.86. The van der Waals surface area contributed by atoms with Crippen LogP contribution in [0.1, 0.15) is 52.7 Å². The van der Waals surface area contributed by atoms with Crippen molar-refractivity contribution in [2.45, 2.75) is 52.4 Å². The zero-order valence-electron chi connectivity index (χ0n) is 20.7. The van der Waals surface area contributed by atoms with Crippen molar-refractivity contribution in [3.05, 3.63) is 83.9 Å². The van der Waals surface area contributed by atoms with Crippen LogP contribution in [0.3, 0.4) is 0 Å². The molecule has 6 aromatic rings. The zero-order valence-corrected chi connectivity index (χ0v) is 21.6. The molecule has 2 heteroatoms. The van der Waals surface area contributed by atoms with Crippen molar-refractivity contribution in [2.75, 3.05) is 0 Å². The molecule has 0 amide bonds. The monoisotopic (exact) mass is 462 g/mol. The highest BCUT2D eigenvalue weighted by atomic mass is 32.1. The molecule has 0 unspecified atom stereocenters. The lowest BCUT2D eigenvalue weighted by Crippen LogP contribution is -2.10. The molecule has 2 aromatic heterocycles. The van der Waals surface area contributed by atoms with E-state index >= 15 is 0 Å². The number of fused-ring (bicyclic) bond motifs is 6. The van der Waals surface area contributed by atoms with Gasteiger partial charge in [-0.3, -0.25) is 0 Å². The molecule has 0 fully saturated rings. The van der Waals surface area contributed by atoms with E-state index in [4.69, 9.17) is 4.42 Å². The smallest absolute Gasteiger partial charge is 0.139 e. The van der Waals surface area contributed by atoms with Crippen molar-refractivity contribution in [1.29, 1.82) is 0 Å². The summed E-state index contributed by atoms with van der Waals surface area (Å²) in [5.41, 5.74) is 7.23. The molecule has 4 aromatic carbocycles. The van der Waals surface area contributed by atoms with Gasteiger partial charge in [-0.2, -0.15) is 0 Å². The Balaban J connectivity index is 1.52. The molecule has 0 aliphatic rings. The average Bonchev–Trinajstić information content (AvgIpc) is 3.34. The summed E-state index contributed by atoms with van der Waals surface area (Å²) in [7, 11) is 0. The highest BCUT2D eigenvalue weighted by molar-refractivity contribution is 7.26. The summed E-state index contributed by atoms with van der Waals surface area (Å²) >= 11 is 1.91. The Morgan fingerprint density at radius 2 is 1.21 bits per heavy atom. The Kier molecular flexibility index (Phi) is 4.54. The highest BCUT2D eigenvalue weighted by Gasteiger charge is 2.21. The first-order valence-electron chi connectivity index (χ1n) is 12.0. The maximum atomic E-state index is 6.46. The average molecular weight is 463 g/mol. The van der Waals surface area contributed by atoms with Crippen molar-refractivity contribution < 1.29 is 4.42 Å². The molecule has 34 heavy (non-hydrogen) atoms. The summed E-state index contributed by atoms with van der Waals surface area (Å²) in [6.45, 7) is 13.6. The zero-order chi connectivity index (χ0) is 23.8. The van der Waals surface area contributed by atoms with Crippen LogP contribution in [0.5, 0.6) is 0 Å². The van der Waals surface area contributed by atoms with E-state index in [-0.39, 0.29) is 10.8 Å². The van der Waals surface area contributed by atoms with Gasteiger partial charge in [0, 0.05) is 36.5 Å². The van der Waals surface area contributed by atoms with Gasteiger partial charge in [0.25, 0.3) is 0 Å². The molecule has 2 heterocycles. The van der Waals surface area contributed by atoms with Gasteiger partial charge in [-0.15, -0.1) is 11.3 Å². The number of para-hydroxylation sites is 1. The summed E-state index contributed by atoms with van der Waals surface area (Å²) in [5, 5.41) is 5.09. The summed E-state index contributed by atoms with van der Waals surface area (Å²) in [5.74, 6) is 0. The fraction of sp³-hybridized carbons (Fsp3) is 0.250. The van der Waals surface area contributed by atoms with E-state index in [1.165, 1.54) is 53.2 Å². The number of hydrogen-bond acceptors (Lipinski definition) is 2. The van der Waals surface area contributed by atoms with Crippen LogP contribution in [0.2, 0.25) is 0 Å². The molecule has 0 N–H and O–H groups in total. The second kappa shape index (κ2) is 7.20. The second-order valence-corrected chi connectivity index (χ2v) is 12.5. The fourth-order valence-electron chi connectivity index (χ4n) is 5.14. The third-order valence-corrected chi connectivity index (χ3v) is 8.15. The molecule has 170 valence electrons. The fourth-order valence-corrected chi connectivity index (χ4v) is 6.60. The molecule has 0 radical (unpaired) electrons. The predicted octanol–water partition coefficient (Wildman–Crippen LogP) is 10.2. The van der Waals surface area contributed by atoms with Crippen LogP contribution < -0.4 is 0 Å². The van der Waals surface area contributed by atoms with Crippen LogP contribution in [-0.2, 0) is 10.8 Å². The molecule has 1 nitrogen and oxygen atoms in total. The van der Waals surface area contributed by atoms with Crippen molar-refractivity contribution in [3.8, 4) is 11.1 Å². The van der Waals surface area contributed by atoms with E-state index in [1.54, 1.807) is 0 Å². The molecule has 6 rings (SSSR count). The van der Waals surface area contributed by atoms with Crippen LogP contribution in [0.25, 0.3) is 53.2 Å². The van der Waals surface area contributed by atoms with Crippen molar-refractivity contribution in [3.63, 3.8) is 0 Å². The number of benzene rings is 4. The number of thiophene rings is 1. The van der Waals surface area contributed by atoms with E-state index in [2.05, 4.69) is 114 Å². The van der Waals surface area contributed by atoms with Gasteiger partial charge in [0.05, 0.1) is 0 Å². The third-order valence-electron chi connectivity index (χ3n) is 6.95. The van der Waals surface area contributed by atoms with Crippen LogP contribution >= 0.6 is 11.3 Å². The summed E-state index contributed by atoms with van der Waals surface area (Å²) < 4.78 is 9.21. The van der Waals surface area contributed by atoms with E-state index in [9.17, 15) is 0 Å². The molecular formula is C32H30OS. The minimum Gasteiger partial charge on any atom is -0.456 e. The largest absolute Gasteiger partial charge is 0.456 e. The van der Waals surface area contributed by atoms with Crippen LogP contribution in [0, 0.1) is 0 Å². The van der Waals surface area contributed by atoms with E-state index in [1.807, 2.05) is 11.3 Å². The first-order chi connectivity index (χ1) is 16.1. The second-order valence-electron chi connectivity index (χ2n) is 11.5. The predicted molar refractivity (Wildman–Crippen MR) is 149 cm³/mol. The maximum absolute atomic E-state index is 6.46. The van der Waals surface area contributed by atoms with E-state index in [0.717, 1.165) is 11.2 Å². The molecule has 0 aliphatic heterocycles. The first kappa shape index (κ1) is 21.4.